The molecule has 15 heavy (non-hydrogen) atoms. The number of nitrogens with zero attached hydrogens (tertiary/aromatic N) is 1. The van der Waals surface area contributed by atoms with Crippen LogP contribution in [-0.4, -0.2) is 4.98 Å². The van der Waals surface area contributed by atoms with Crippen LogP contribution in [0.4, 0.5) is 4.39 Å². The molecule has 0 radical (unpaired) electrons. The molecule has 2 rings (SSSR count). The van der Waals surface area contributed by atoms with E-state index in [2.05, 4.69) is 4.98 Å². The standard InChI is InChI=1S/C11H10FNOS/c1-8-4-9(12)2-3-11(8)14-5-10-6-15-7-13-10/h2-4,6-7H,5H2,1H3. The van der Waals surface area contributed by atoms with E-state index in [1.165, 1.54) is 23.5 Å². The molecule has 0 spiro atoms. The molecule has 0 N–H and O–H groups in total. The first-order chi connectivity index (χ1) is 7.25. The van der Waals surface area contributed by atoms with Gasteiger partial charge in [-0.1, -0.05) is 0 Å². The summed E-state index contributed by atoms with van der Waals surface area (Å²) >= 11 is 1.53. The summed E-state index contributed by atoms with van der Waals surface area (Å²) in [6.07, 6.45) is 0. The van der Waals surface area contributed by atoms with Crippen molar-refractivity contribution in [2.24, 2.45) is 0 Å². The summed E-state index contributed by atoms with van der Waals surface area (Å²) in [5, 5.41) is 1.93. The van der Waals surface area contributed by atoms with Crippen LogP contribution in [0.3, 0.4) is 0 Å². The van der Waals surface area contributed by atoms with Gasteiger partial charge in [0, 0.05) is 5.38 Å². The van der Waals surface area contributed by atoms with Gasteiger partial charge in [0.1, 0.15) is 18.2 Å². The summed E-state index contributed by atoms with van der Waals surface area (Å²) in [5.41, 5.74) is 3.45. The molecule has 0 bridgehead atoms. The zero-order valence-corrected chi connectivity index (χ0v) is 9.05. The second-order valence-corrected chi connectivity index (χ2v) is 3.90. The van der Waals surface area contributed by atoms with Gasteiger partial charge in [-0.15, -0.1) is 11.3 Å². The first kappa shape index (κ1) is 10.1. The van der Waals surface area contributed by atoms with Crippen molar-refractivity contribution in [1.29, 1.82) is 0 Å². The lowest BCUT2D eigenvalue weighted by molar-refractivity contribution is 0.299. The third-order valence-corrected chi connectivity index (χ3v) is 2.63. The number of aromatic nitrogens is 1. The molecule has 0 fully saturated rings. The minimum atomic E-state index is -0.242. The van der Waals surface area contributed by atoms with E-state index < -0.39 is 0 Å². The highest BCUT2D eigenvalue weighted by Crippen LogP contribution is 2.19. The summed E-state index contributed by atoms with van der Waals surface area (Å²) in [6, 6.07) is 4.48. The molecule has 1 aromatic carbocycles. The van der Waals surface area contributed by atoms with Crippen LogP contribution in [0.1, 0.15) is 11.3 Å². The molecule has 78 valence electrons. The highest BCUT2D eigenvalue weighted by Gasteiger charge is 2.02. The van der Waals surface area contributed by atoms with E-state index in [9.17, 15) is 4.39 Å². The molecule has 0 aliphatic heterocycles. The first-order valence-corrected chi connectivity index (χ1v) is 5.46. The second-order valence-electron chi connectivity index (χ2n) is 3.18. The average Bonchev–Trinajstić information content (AvgIpc) is 2.69. The van der Waals surface area contributed by atoms with Crippen LogP contribution in [0.15, 0.2) is 29.1 Å². The SMILES string of the molecule is Cc1cc(F)ccc1OCc1cscn1. The molecule has 0 amide bonds. The topological polar surface area (TPSA) is 22.1 Å². The number of hydrogen-bond acceptors (Lipinski definition) is 3. The molecule has 0 aliphatic carbocycles. The van der Waals surface area contributed by atoms with Gasteiger partial charge < -0.3 is 4.74 Å². The third kappa shape index (κ3) is 2.53. The van der Waals surface area contributed by atoms with Crippen molar-refractivity contribution in [2.45, 2.75) is 13.5 Å². The maximum absolute atomic E-state index is 12.8. The number of aryl methyl sites for hydroxylation is 1. The van der Waals surface area contributed by atoms with E-state index in [1.54, 1.807) is 11.6 Å². The van der Waals surface area contributed by atoms with Crippen molar-refractivity contribution in [3.05, 3.63) is 46.2 Å². The summed E-state index contributed by atoms with van der Waals surface area (Å²) in [4.78, 5) is 4.10. The predicted molar refractivity (Wildman–Crippen MR) is 57.6 cm³/mol. The second kappa shape index (κ2) is 4.40. The van der Waals surface area contributed by atoms with Crippen molar-refractivity contribution in [2.75, 3.05) is 0 Å². The number of halogens is 1. The van der Waals surface area contributed by atoms with Gasteiger partial charge in [-0.25, -0.2) is 9.37 Å². The van der Waals surface area contributed by atoms with Crippen molar-refractivity contribution < 1.29 is 9.13 Å². The summed E-state index contributed by atoms with van der Waals surface area (Å²) in [7, 11) is 0. The Bertz CT molecular complexity index is 442. The van der Waals surface area contributed by atoms with Crippen molar-refractivity contribution in [3.63, 3.8) is 0 Å². The third-order valence-electron chi connectivity index (χ3n) is 2.00. The molecule has 1 heterocycles. The Labute approximate surface area is 91.4 Å². The zero-order chi connectivity index (χ0) is 10.7. The lowest BCUT2D eigenvalue weighted by Gasteiger charge is -2.07. The molecule has 4 heteroatoms. The minimum absolute atomic E-state index is 0.242. The Kier molecular flexibility index (Phi) is 2.97. The van der Waals surface area contributed by atoms with Crippen molar-refractivity contribution in [1.82, 2.24) is 4.98 Å². The van der Waals surface area contributed by atoms with Crippen LogP contribution < -0.4 is 4.74 Å². The van der Waals surface area contributed by atoms with Gasteiger partial charge in [-0.2, -0.15) is 0 Å². The fraction of sp³-hybridized carbons (Fsp3) is 0.182. The molecule has 0 saturated heterocycles. The molecule has 0 unspecified atom stereocenters. The van der Waals surface area contributed by atoms with Gasteiger partial charge in [0.15, 0.2) is 0 Å². The van der Waals surface area contributed by atoms with Crippen LogP contribution >= 0.6 is 11.3 Å². The van der Waals surface area contributed by atoms with Gasteiger partial charge in [-0.05, 0) is 30.7 Å². The van der Waals surface area contributed by atoms with Gasteiger partial charge in [0.2, 0.25) is 0 Å². The van der Waals surface area contributed by atoms with E-state index in [0.717, 1.165) is 11.3 Å². The van der Waals surface area contributed by atoms with Crippen LogP contribution in [0.2, 0.25) is 0 Å². The maximum atomic E-state index is 12.8. The van der Waals surface area contributed by atoms with Crippen LogP contribution in [-0.2, 0) is 6.61 Å². The fourth-order valence-corrected chi connectivity index (χ4v) is 1.78. The fourth-order valence-electron chi connectivity index (χ4n) is 1.24. The average molecular weight is 223 g/mol. The first-order valence-electron chi connectivity index (χ1n) is 4.52. The number of thiazole rings is 1. The van der Waals surface area contributed by atoms with Gasteiger partial charge in [-0.3, -0.25) is 0 Å². The molecular weight excluding hydrogens is 213 g/mol. The lowest BCUT2D eigenvalue weighted by atomic mass is 10.2. The van der Waals surface area contributed by atoms with E-state index in [1.807, 2.05) is 12.3 Å². The number of benzene rings is 1. The summed E-state index contributed by atoms with van der Waals surface area (Å²) in [5.74, 6) is 0.456. The number of rotatable bonds is 3. The Morgan fingerprint density at radius 1 is 1.47 bits per heavy atom. The highest BCUT2D eigenvalue weighted by atomic mass is 32.1. The maximum Gasteiger partial charge on any atom is 0.131 e. The Balaban J connectivity index is 2.05. The molecule has 0 aliphatic rings. The van der Waals surface area contributed by atoms with Crippen molar-refractivity contribution >= 4 is 11.3 Å². The quantitative estimate of drug-likeness (QED) is 0.797. The van der Waals surface area contributed by atoms with Gasteiger partial charge in [0.25, 0.3) is 0 Å². The van der Waals surface area contributed by atoms with Gasteiger partial charge >= 0.3 is 0 Å². The molecule has 1 aromatic heterocycles. The van der Waals surface area contributed by atoms with Crippen LogP contribution in [0.5, 0.6) is 5.75 Å². The van der Waals surface area contributed by atoms with Gasteiger partial charge in [0.05, 0.1) is 11.2 Å². The van der Waals surface area contributed by atoms with E-state index >= 15 is 0 Å². The minimum Gasteiger partial charge on any atom is -0.487 e. The molecule has 2 aromatic rings. The largest absolute Gasteiger partial charge is 0.487 e. The molecular formula is C11H10FNOS. The molecule has 0 saturated carbocycles. The molecule has 0 atom stereocenters. The lowest BCUT2D eigenvalue weighted by Crippen LogP contribution is -1.97. The highest BCUT2D eigenvalue weighted by molar-refractivity contribution is 7.07. The monoisotopic (exact) mass is 223 g/mol. The van der Waals surface area contributed by atoms with Crippen LogP contribution in [0, 0.1) is 12.7 Å². The van der Waals surface area contributed by atoms with E-state index in [-0.39, 0.29) is 5.82 Å². The van der Waals surface area contributed by atoms with E-state index in [0.29, 0.717) is 12.4 Å². The summed E-state index contributed by atoms with van der Waals surface area (Å²) < 4.78 is 18.3. The Morgan fingerprint density at radius 3 is 3.00 bits per heavy atom. The smallest absolute Gasteiger partial charge is 0.131 e. The predicted octanol–water partition coefficient (Wildman–Crippen LogP) is 3.17. The zero-order valence-electron chi connectivity index (χ0n) is 8.24. The van der Waals surface area contributed by atoms with E-state index in [4.69, 9.17) is 4.74 Å². The van der Waals surface area contributed by atoms with Crippen LogP contribution in [0.25, 0.3) is 0 Å². The number of hydrogen-bond donors (Lipinski definition) is 0. The number of ether oxygens (including phenoxy) is 1. The Hall–Kier alpha value is -1.42. The van der Waals surface area contributed by atoms with Crippen molar-refractivity contribution in [3.8, 4) is 5.75 Å². The Morgan fingerprint density at radius 2 is 2.33 bits per heavy atom. The normalized spacial score (nSPS) is 10.3. The molecule has 2 nitrogen and oxygen atoms in total. The summed E-state index contributed by atoms with van der Waals surface area (Å²) in [6.45, 7) is 2.25.